The summed E-state index contributed by atoms with van der Waals surface area (Å²) >= 11 is 0. The summed E-state index contributed by atoms with van der Waals surface area (Å²) in [5.41, 5.74) is 1.81. The van der Waals surface area contributed by atoms with Gasteiger partial charge in [0.25, 0.3) is 0 Å². The Bertz CT molecular complexity index is 336. The van der Waals surface area contributed by atoms with Gasteiger partial charge in [0, 0.05) is 4.11 Å². The summed E-state index contributed by atoms with van der Waals surface area (Å²) < 4.78 is 21.6. The van der Waals surface area contributed by atoms with Crippen molar-refractivity contribution in [3.05, 3.63) is 47.5 Å². The predicted molar refractivity (Wildman–Crippen MR) is 58.8 cm³/mol. The summed E-state index contributed by atoms with van der Waals surface area (Å²) in [5, 5.41) is 0. The van der Waals surface area contributed by atoms with Crippen molar-refractivity contribution in [2.45, 2.75) is 33.0 Å². The number of allylic oxidation sites excluding steroid dienone is 2. The van der Waals surface area contributed by atoms with Crippen molar-refractivity contribution >= 4 is 0 Å². The monoisotopic (exact) mass is 177 g/mol. The van der Waals surface area contributed by atoms with E-state index in [0.29, 0.717) is 5.57 Å². The SMILES string of the molecule is [2H]C([2H])([2H])/C(C)=C/CCCc1ccccc1. The lowest BCUT2D eigenvalue weighted by molar-refractivity contribution is 0.838. The lowest BCUT2D eigenvalue weighted by Crippen LogP contribution is -1.83. The molecule has 0 heteroatoms. The average molecular weight is 177 g/mol. The second-order valence-electron chi connectivity index (χ2n) is 3.26. The minimum Gasteiger partial charge on any atom is -0.0859 e. The highest BCUT2D eigenvalue weighted by atomic mass is 14.0. The maximum Gasteiger partial charge on any atom is 0.0276 e. The summed E-state index contributed by atoms with van der Waals surface area (Å²) in [5.74, 6) is 0. The number of aryl methyl sites for hydroxylation is 1. The summed E-state index contributed by atoms with van der Waals surface area (Å²) in [4.78, 5) is 0. The van der Waals surface area contributed by atoms with Crippen molar-refractivity contribution in [2.24, 2.45) is 0 Å². The first-order chi connectivity index (χ1) is 7.50. The zero-order valence-electron chi connectivity index (χ0n) is 11.1. The minimum absolute atomic E-state index is 0.501. The second kappa shape index (κ2) is 5.58. The molecule has 0 bridgehead atoms. The number of rotatable bonds is 4. The molecule has 0 nitrogen and oxygen atoms in total. The number of benzene rings is 1. The van der Waals surface area contributed by atoms with Crippen LogP contribution < -0.4 is 0 Å². The molecule has 1 rings (SSSR count). The molecule has 0 aromatic heterocycles. The summed E-state index contributed by atoms with van der Waals surface area (Å²) in [6.07, 6.45) is 4.66. The fourth-order valence-corrected chi connectivity index (χ4v) is 1.27. The molecule has 1 aromatic carbocycles. The van der Waals surface area contributed by atoms with Crippen LogP contribution in [-0.2, 0) is 6.42 Å². The first-order valence-corrected chi connectivity index (χ1v) is 4.71. The Hall–Kier alpha value is -1.04. The third-order valence-corrected chi connectivity index (χ3v) is 1.96. The Kier molecular flexibility index (Phi) is 2.75. The zero-order valence-corrected chi connectivity index (χ0v) is 8.09. The zero-order chi connectivity index (χ0) is 12.0. The third-order valence-electron chi connectivity index (χ3n) is 1.96. The Morgan fingerprint density at radius 1 is 1.38 bits per heavy atom. The molecule has 0 saturated carbocycles. The Labute approximate surface area is 85.5 Å². The van der Waals surface area contributed by atoms with Crippen LogP contribution in [0.2, 0.25) is 0 Å². The van der Waals surface area contributed by atoms with Gasteiger partial charge in [0.2, 0.25) is 0 Å². The van der Waals surface area contributed by atoms with E-state index < -0.39 is 6.85 Å². The van der Waals surface area contributed by atoms with E-state index in [1.54, 1.807) is 6.92 Å². The van der Waals surface area contributed by atoms with Crippen LogP contribution in [0.3, 0.4) is 0 Å². The average Bonchev–Trinajstić information content (AvgIpc) is 2.24. The largest absolute Gasteiger partial charge is 0.0859 e. The Morgan fingerprint density at radius 2 is 2.15 bits per heavy atom. The first-order valence-electron chi connectivity index (χ1n) is 6.21. The van der Waals surface area contributed by atoms with E-state index in [4.69, 9.17) is 4.11 Å². The van der Waals surface area contributed by atoms with Gasteiger partial charge in [0.1, 0.15) is 0 Å². The van der Waals surface area contributed by atoms with E-state index in [2.05, 4.69) is 12.1 Å². The summed E-state index contributed by atoms with van der Waals surface area (Å²) in [6, 6.07) is 10.3. The molecule has 70 valence electrons. The van der Waals surface area contributed by atoms with Gasteiger partial charge in [0.05, 0.1) is 0 Å². The van der Waals surface area contributed by atoms with Crippen LogP contribution in [0, 0.1) is 0 Å². The van der Waals surface area contributed by atoms with Gasteiger partial charge in [-0.25, -0.2) is 0 Å². The predicted octanol–water partition coefficient (Wildman–Crippen LogP) is 3.98. The third kappa shape index (κ3) is 4.51. The van der Waals surface area contributed by atoms with Gasteiger partial charge in [-0.2, -0.15) is 0 Å². The van der Waals surface area contributed by atoms with Crippen molar-refractivity contribution < 1.29 is 4.11 Å². The summed E-state index contributed by atoms with van der Waals surface area (Å²) in [7, 11) is 0. The summed E-state index contributed by atoms with van der Waals surface area (Å²) in [6.45, 7) is -0.248. The Morgan fingerprint density at radius 3 is 2.85 bits per heavy atom. The minimum atomic E-state index is -1.92. The molecule has 13 heavy (non-hydrogen) atoms. The van der Waals surface area contributed by atoms with Crippen molar-refractivity contribution in [3.8, 4) is 0 Å². The first kappa shape index (κ1) is 6.42. The van der Waals surface area contributed by atoms with Crippen molar-refractivity contribution in [1.82, 2.24) is 0 Å². The maximum absolute atomic E-state index is 7.20. The molecular formula is C13H18. The smallest absolute Gasteiger partial charge is 0.0276 e. The van der Waals surface area contributed by atoms with E-state index in [0.717, 1.165) is 19.3 Å². The Balaban J connectivity index is 2.32. The molecular weight excluding hydrogens is 156 g/mol. The molecule has 0 fully saturated rings. The number of unbranched alkanes of at least 4 members (excludes halogenated alkanes) is 1. The van der Waals surface area contributed by atoms with Crippen LogP contribution in [0.1, 0.15) is 36.3 Å². The highest BCUT2D eigenvalue weighted by molar-refractivity contribution is 5.14. The van der Waals surface area contributed by atoms with Crippen LogP contribution in [0.25, 0.3) is 0 Å². The normalized spacial score (nSPS) is 16.1. The molecule has 0 spiro atoms. The van der Waals surface area contributed by atoms with Gasteiger partial charge in [0.15, 0.2) is 0 Å². The molecule has 0 heterocycles. The van der Waals surface area contributed by atoms with Crippen molar-refractivity contribution in [3.63, 3.8) is 0 Å². The maximum atomic E-state index is 7.20. The van der Waals surface area contributed by atoms with Gasteiger partial charge in [-0.1, -0.05) is 42.0 Å². The number of hydrogen-bond acceptors (Lipinski definition) is 0. The van der Waals surface area contributed by atoms with Gasteiger partial charge >= 0.3 is 0 Å². The molecule has 0 amide bonds. The second-order valence-corrected chi connectivity index (χ2v) is 3.26. The molecule has 0 aliphatic carbocycles. The fraction of sp³-hybridized carbons (Fsp3) is 0.385. The van der Waals surface area contributed by atoms with Crippen molar-refractivity contribution in [1.29, 1.82) is 0 Å². The van der Waals surface area contributed by atoms with Crippen LogP contribution in [0.5, 0.6) is 0 Å². The molecule has 0 atom stereocenters. The lowest BCUT2D eigenvalue weighted by atomic mass is 10.1. The van der Waals surface area contributed by atoms with Gasteiger partial charge in [-0.3, -0.25) is 0 Å². The van der Waals surface area contributed by atoms with E-state index in [1.165, 1.54) is 5.56 Å². The van der Waals surface area contributed by atoms with Gasteiger partial charge < -0.3 is 0 Å². The molecule has 0 aliphatic rings. The molecule has 0 aliphatic heterocycles. The van der Waals surface area contributed by atoms with Gasteiger partial charge in [-0.15, -0.1) is 0 Å². The topological polar surface area (TPSA) is 0 Å². The van der Waals surface area contributed by atoms with E-state index >= 15 is 0 Å². The molecule has 0 saturated heterocycles. The fourth-order valence-electron chi connectivity index (χ4n) is 1.27. The van der Waals surface area contributed by atoms with E-state index in [1.807, 2.05) is 24.3 Å². The molecule has 0 N–H and O–H groups in total. The lowest BCUT2D eigenvalue weighted by Gasteiger charge is -1.98. The van der Waals surface area contributed by atoms with Crippen LogP contribution in [0.15, 0.2) is 42.0 Å². The highest BCUT2D eigenvalue weighted by Crippen LogP contribution is 2.05. The highest BCUT2D eigenvalue weighted by Gasteiger charge is 1.89. The van der Waals surface area contributed by atoms with Gasteiger partial charge in [-0.05, 0) is 38.6 Å². The van der Waals surface area contributed by atoms with Crippen LogP contribution >= 0.6 is 0 Å². The van der Waals surface area contributed by atoms with Crippen molar-refractivity contribution in [2.75, 3.05) is 0 Å². The van der Waals surface area contributed by atoms with Crippen LogP contribution in [-0.4, -0.2) is 0 Å². The molecule has 0 unspecified atom stereocenters. The standard InChI is InChI=1S/C13H18/c1-12(2)8-6-7-11-13-9-4-3-5-10-13/h3-5,8-10H,6-7,11H2,1-2H3/i1D3/b12-8-. The molecule has 0 radical (unpaired) electrons. The van der Waals surface area contributed by atoms with Crippen LogP contribution in [0.4, 0.5) is 0 Å². The quantitative estimate of drug-likeness (QED) is 0.482. The van der Waals surface area contributed by atoms with E-state index in [9.17, 15) is 0 Å². The number of hydrogen-bond donors (Lipinski definition) is 0. The molecule has 1 aromatic rings. The van der Waals surface area contributed by atoms with E-state index in [-0.39, 0.29) is 0 Å².